The van der Waals surface area contributed by atoms with E-state index in [2.05, 4.69) is 14.5 Å². The fraction of sp³-hybridized carbons (Fsp3) is 0.400. The van der Waals surface area contributed by atoms with Gasteiger partial charge >= 0.3 is 23.8 Å². The third-order valence-electron chi connectivity index (χ3n) is 2.02. The predicted molar refractivity (Wildman–Crippen MR) is 58.3 cm³/mol. The van der Waals surface area contributed by atoms with Gasteiger partial charge in [-0.3, -0.25) is 0 Å². The molecule has 1 aromatic heterocycles. The summed E-state index contributed by atoms with van der Waals surface area (Å²) >= 11 is 0. The fourth-order valence-corrected chi connectivity index (χ4v) is 1.31. The molecule has 0 aliphatic carbocycles. The molecule has 110 valence electrons. The first-order valence-electron chi connectivity index (χ1n) is 5.24. The molecule has 7 nitrogen and oxygen atoms in total. The van der Waals surface area contributed by atoms with Crippen LogP contribution in [0.4, 0.5) is 19.0 Å². The van der Waals surface area contributed by atoms with E-state index in [1.54, 1.807) is 0 Å². The van der Waals surface area contributed by atoms with Crippen molar-refractivity contribution < 1.29 is 32.4 Å². The number of nitrogens with zero attached hydrogens (tertiary/aromatic N) is 2. The number of aryl methyl sites for hydroxylation is 1. The Morgan fingerprint density at radius 2 is 2.10 bits per heavy atom. The lowest BCUT2D eigenvalue weighted by Gasteiger charge is -2.10. The maximum Gasteiger partial charge on any atom is 0.573 e. The number of ether oxygens (including phenoxy) is 2. The molecule has 1 heterocycles. The van der Waals surface area contributed by atoms with E-state index < -0.39 is 34.5 Å². The molecule has 0 N–H and O–H groups in total. The van der Waals surface area contributed by atoms with Crippen molar-refractivity contribution in [2.75, 3.05) is 6.61 Å². The van der Waals surface area contributed by atoms with Crippen LogP contribution >= 0.6 is 0 Å². The molecule has 0 saturated heterocycles. The molecule has 10 heteroatoms. The van der Waals surface area contributed by atoms with E-state index >= 15 is 0 Å². The van der Waals surface area contributed by atoms with Gasteiger partial charge in [0.1, 0.15) is 0 Å². The normalized spacial score (nSPS) is 11.1. The maximum absolute atomic E-state index is 12.2. The van der Waals surface area contributed by atoms with Gasteiger partial charge in [-0.1, -0.05) is 0 Å². The van der Waals surface area contributed by atoms with Crippen molar-refractivity contribution in [2.24, 2.45) is 0 Å². The molecular weight excluding hydrogens is 285 g/mol. The van der Waals surface area contributed by atoms with E-state index in [0.717, 1.165) is 0 Å². The van der Waals surface area contributed by atoms with Crippen molar-refractivity contribution in [3.8, 4) is 5.75 Å². The second kappa shape index (κ2) is 5.72. The van der Waals surface area contributed by atoms with Crippen LogP contribution in [0, 0.1) is 17.0 Å². The van der Waals surface area contributed by atoms with Crippen molar-refractivity contribution in [1.29, 1.82) is 0 Å². The molecule has 0 unspecified atom stereocenters. The number of pyridine rings is 1. The predicted octanol–water partition coefficient (Wildman–Crippen LogP) is 2.37. The van der Waals surface area contributed by atoms with Gasteiger partial charge in [0.05, 0.1) is 12.2 Å². The van der Waals surface area contributed by atoms with Crippen LogP contribution < -0.4 is 4.74 Å². The monoisotopic (exact) mass is 294 g/mol. The lowest BCUT2D eigenvalue weighted by Crippen LogP contribution is -2.21. The van der Waals surface area contributed by atoms with Crippen LogP contribution in [0.25, 0.3) is 0 Å². The number of rotatable bonds is 4. The Hall–Kier alpha value is -2.39. The lowest BCUT2D eigenvalue weighted by atomic mass is 10.2. The lowest BCUT2D eigenvalue weighted by molar-refractivity contribution is -0.390. The standard InChI is InChI=1S/C10H9F3N2O5/c1-3-19-9(16)7-6(20-10(11,12)13)4-5(2)8(14-7)15(17)18/h4H,3H2,1-2H3. The van der Waals surface area contributed by atoms with Gasteiger partial charge in [-0.05, 0) is 29.8 Å². The van der Waals surface area contributed by atoms with Gasteiger partial charge in [0.2, 0.25) is 0 Å². The van der Waals surface area contributed by atoms with Gasteiger partial charge in [0, 0.05) is 0 Å². The van der Waals surface area contributed by atoms with Gasteiger partial charge in [-0.25, -0.2) is 4.79 Å². The zero-order valence-electron chi connectivity index (χ0n) is 10.4. The molecule has 0 saturated carbocycles. The van der Waals surface area contributed by atoms with E-state index in [4.69, 9.17) is 0 Å². The SMILES string of the molecule is CCOC(=O)c1nc([N+](=O)[O-])c(C)cc1OC(F)(F)F. The quantitative estimate of drug-likeness (QED) is 0.481. The van der Waals surface area contributed by atoms with Crippen LogP contribution in [-0.4, -0.2) is 28.8 Å². The average molecular weight is 294 g/mol. The summed E-state index contributed by atoms with van der Waals surface area (Å²) in [7, 11) is 0. The molecule has 20 heavy (non-hydrogen) atoms. The number of hydrogen-bond donors (Lipinski definition) is 0. The van der Waals surface area contributed by atoms with Gasteiger partial charge < -0.3 is 19.6 Å². The molecular formula is C10H9F3N2O5. The zero-order chi connectivity index (χ0) is 15.5. The van der Waals surface area contributed by atoms with E-state index in [9.17, 15) is 28.1 Å². The number of nitro groups is 1. The molecule has 0 aliphatic rings. The summed E-state index contributed by atoms with van der Waals surface area (Å²) in [6.45, 7) is 2.46. The van der Waals surface area contributed by atoms with Crippen molar-refractivity contribution in [1.82, 2.24) is 4.98 Å². The van der Waals surface area contributed by atoms with Gasteiger partial charge in [-0.2, -0.15) is 0 Å². The first-order valence-corrected chi connectivity index (χ1v) is 5.24. The summed E-state index contributed by atoms with van der Waals surface area (Å²) in [5.74, 6) is -2.93. The molecule has 0 amide bonds. The second-order valence-corrected chi connectivity index (χ2v) is 3.50. The minimum Gasteiger partial charge on any atom is -0.460 e. The molecule has 0 aromatic carbocycles. The zero-order valence-corrected chi connectivity index (χ0v) is 10.4. The Kier molecular flexibility index (Phi) is 4.48. The van der Waals surface area contributed by atoms with Crippen LogP contribution in [0.3, 0.4) is 0 Å². The molecule has 0 spiro atoms. The Morgan fingerprint density at radius 3 is 2.55 bits per heavy atom. The van der Waals surface area contributed by atoms with Crippen molar-refractivity contribution in [3.05, 3.63) is 27.4 Å². The van der Waals surface area contributed by atoms with Crippen LogP contribution in [0.1, 0.15) is 23.0 Å². The minimum absolute atomic E-state index is 0.131. The fourth-order valence-electron chi connectivity index (χ4n) is 1.31. The smallest absolute Gasteiger partial charge is 0.460 e. The molecule has 1 rings (SSSR count). The minimum atomic E-state index is -5.06. The number of carbonyl (C=O) groups excluding carboxylic acids is 1. The van der Waals surface area contributed by atoms with Crippen molar-refractivity contribution in [2.45, 2.75) is 20.2 Å². The summed E-state index contributed by atoms with van der Waals surface area (Å²) in [5.41, 5.74) is -1.08. The maximum atomic E-state index is 12.2. The number of esters is 1. The highest BCUT2D eigenvalue weighted by Crippen LogP contribution is 2.30. The van der Waals surface area contributed by atoms with Crippen LogP contribution in [0.15, 0.2) is 6.07 Å². The van der Waals surface area contributed by atoms with E-state index in [1.807, 2.05) is 0 Å². The topological polar surface area (TPSA) is 91.6 Å². The average Bonchev–Trinajstić information content (AvgIpc) is 2.26. The number of alkyl halides is 3. The first-order chi connectivity index (χ1) is 9.15. The Morgan fingerprint density at radius 1 is 1.50 bits per heavy atom. The Labute approximate surface area is 110 Å². The summed E-state index contributed by atoms with van der Waals surface area (Å²) in [4.78, 5) is 24.5. The third kappa shape index (κ3) is 3.80. The van der Waals surface area contributed by atoms with Gasteiger partial charge in [-0.15, -0.1) is 13.2 Å². The van der Waals surface area contributed by atoms with Crippen LogP contribution in [-0.2, 0) is 4.74 Å². The second-order valence-electron chi connectivity index (χ2n) is 3.50. The number of halogens is 3. The van der Waals surface area contributed by atoms with Crippen molar-refractivity contribution >= 4 is 11.8 Å². The van der Waals surface area contributed by atoms with E-state index in [-0.39, 0.29) is 12.2 Å². The van der Waals surface area contributed by atoms with E-state index in [1.165, 1.54) is 13.8 Å². The van der Waals surface area contributed by atoms with Crippen LogP contribution in [0.5, 0.6) is 5.75 Å². The van der Waals surface area contributed by atoms with Gasteiger partial charge in [0.25, 0.3) is 0 Å². The number of carbonyl (C=O) groups is 1. The summed E-state index contributed by atoms with van der Waals surface area (Å²) in [6.07, 6.45) is -5.06. The Bertz CT molecular complexity index is 544. The first kappa shape index (κ1) is 15.7. The number of aromatic nitrogens is 1. The highest BCUT2D eigenvalue weighted by atomic mass is 19.4. The summed E-state index contributed by atoms with van der Waals surface area (Å²) in [5, 5.41) is 10.7. The van der Waals surface area contributed by atoms with E-state index in [0.29, 0.717) is 6.07 Å². The van der Waals surface area contributed by atoms with Crippen molar-refractivity contribution in [3.63, 3.8) is 0 Å². The molecule has 0 atom stereocenters. The van der Waals surface area contributed by atoms with Gasteiger partial charge in [0.15, 0.2) is 5.75 Å². The summed E-state index contributed by atoms with van der Waals surface area (Å²) in [6, 6.07) is 0.713. The number of hydrogen-bond acceptors (Lipinski definition) is 6. The molecule has 1 aromatic rings. The largest absolute Gasteiger partial charge is 0.573 e. The molecule has 0 fully saturated rings. The molecule has 0 bridgehead atoms. The Balaban J connectivity index is 3.37. The third-order valence-corrected chi connectivity index (χ3v) is 2.02. The molecule has 0 radical (unpaired) electrons. The highest BCUT2D eigenvalue weighted by molar-refractivity contribution is 5.90. The highest BCUT2D eigenvalue weighted by Gasteiger charge is 2.36. The summed E-state index contributed by atoms with van der Waals surface area (Å²) < 4.78 is 44.8. The molecule has 0 aliphatic heterocycles. The van der Waals surface area contributed by atoms with Crippen LogP contribution in [0.2, 0.25) is 0 Å².